The second kappa shape index (κ2) is 11.8. The van der Waals surface area contributed by atoms with Crippen LogP contribution in [0.3, 0.4) is 0 Å². The van der Waals surface area contributed by atoms with Gasteiger partial charge in [0.2, 0.25) is 5.91 Å². The number of nitrogens with one attached hydrogen (secondary N) is 2. The first kappa shape index (κ1) is 24.6. The van der Waals surface area contributed by atoms with Gasteiger partial charge in [0.1, 0.15) is 0 Å². The summed E-state index contributed by atoms with van der Waals surface area (Å²) in [7, 11) is 1.74. The number of nitrogens with zero attached hydrogens (tertiary/aromatic N) is 2. The monoisotopic (exact) mass is 470 g/mol. The second-order valence-corrected chi connectivity index (χ2v) is 8.82. The predicted octanol–water partition coefficient (Wildman–Crippen LogP) is 4.95. The molecular formula is C29H34N4O2. The number of anilines is 1. The van der Waals surface area contributed by atoms with Crippen LogP contribution in [0.25, 0.3) is 0 Å². The molecule has 1 heterocycles. The van der Waals surface area contributed by atoms with E-state index in [0.717, 1.165) is 48.8 Å². The lowest BCUT2D eigenvalue weighted by atomic mass is 9.77. The Bertz CT molecular complexity index is 1140. The topological polar surface area (TPSA) is 66.0 Å². The van der Waals surface area contributed by atoms with E-state index in [4.69, 9.17) is 4.74 Å². The van der Waals surface area contributed by atoms with Crippen molar-refractivity contribution in [2.45, 2.75) is 32.4 Å². The molecule has 2 N–H and O–H groups in total. The Morgan fingerprint density at radius 1 is 1.00 bits per heavy atom. The zero-order chi connectivity index (χ0) is 24.6. The van der Waals surface area contributed by atoms with Gasteiger partial charge in [-0.25, -0.2) is 5.43 Å². The zero-order valence-corrected chi connectivity index (χ0v) is 20.7. The highest BCUT2D eigenvalue weighted by Crippen LogP contribution is 2.42. The normalized spacial score (nSPS) is 18.2. The molecule has 1 aliphatic heterocycles. The summed E-state index contributed by atoms with van der Waals surface area (Å²) in [6.07, 6.45) is 0. The van der Waals surface area contributed by atoms with E-state index >= 15 is 0 Å². The molecule has 6 heteroatoms. The molecule has 3 aromatic rings. The molecule has 0 aromatic heterocycles. The number of carbonyl (C=O) groups is 1. The summed E-state index contributed by atoms with van der Waals surface area (Å²) in [5, 5.41) is 8.37. The lowest BCUT2D eigenvalue weighted by molar-refractivity contribution is -0.118. The zero-order valence-electron chi connectivity index (χ0n) is 20.7. The minimum atomic E-state index is -0.185. The van der Waals surface area contributed by atoms with E-state index in [0.29, 0.717) is 0 Å². The molecule has 0 saturated heterocycles. The Morgan fingerprint density at radius 2 is 1.71 bits per heavy atom. The van der Waals surface area contributed by atoms with Crippen LogP contribution in [-0.2, 0) is 16.1 Å². The van der Waals surface area contributed by atoms with Gasteiger partial charge >= 0.3 is 0 Å². The molecule has 0 saturated carbocycles. The van der Waals surface area contributed by atoms with Crippen LogP contribution in [0.4, 0.5) is 5.69 Å². The van der Waals surface area contributed by atoms with Crippen LogP contribution in [0.15, 0.2) is 84.0 Å². The fraction of sp³-hybridized carbons (Fsp3) is 0.310. The van der Waals surface area contributed by atoms with E-state index in [1.807, 2.05) is 30.3 Å². The van der Waals surface area contributed by atoms with Crippen molar-refractivity contribution >= 4 is 17.3 Å². The highest BCUT2D eigenvalue weighted by molar-refractivity contribution is 6.11. The van der Waals surface area contributed by atoms with Gasteiger partial charge in [-0.1, -0.05) is 79.7 Å². The number of methoxy groups -OCH3 is 1. The lowest BCUT2D eigenvalue weighted by Crippen LogP contribution is -2.34. The van der Waals surface area contributed by atoms with E-state index in [1.165, 1.54) is 18.1 Å². The van der Waals surface area contributed by atoms with Crippen LogP contribution >= 0.6 is 0 Å². The molecule has 2 unspecified atom stereocenters. The number of hydrogen-bond donors (Lipinski definition) is 2. The Kier molecular flexibility index (Phi) is 8.29. The molecule has 1 aliphatic rings. The number of carbonyl (C=O) groups excluding carboxylic acids is 1. The van der Waals surface area contributed by atoms with Crippen molar-refractivity contribution in [3.63, 3.8) is 0 Å². The van der Waals surface area contributed by atoms with Gasteiger partial charge in [-0.2, -0.15) is 5.10 Å². The molecule has 4 rings (SSSR count). The quantitative estimate of drug-likeness (QED) is 0.435. The van der Waals surface area contributed by atoms with Crippen molar-refractivity contribution in [2.75, 3.05) is 32.1 Å². The number of hydrogen-bond acceptors (Lipinski definition) is 5. The first-order chi connectivity index (χ1) is 17.1. The summed E-state index contributed by atoms with van der Waals surface area (Å²) in [5.74, 6) is -0.257. The summed E-state index contributed by atoms with van der Waals surface area (Å²) < 4.78 is 5.25. The number of benzene rings is 3. The third kappa shape index (κ3) is 5.96. The first-order valence-electron chi connectivity index (χ1n) is 12.2. The van der Waals surface area contributed by atoms with Crippen molar-refractivity contribution in [3.8, 4) is 0 Å². The van der Waals surface area contributed by atoms with E-state index < -0.39 is 0 Å². The van der Waals surface area contributed by atoms with Crippen LogP contribution in [0.1, 0.15) is 48.1 Å². The van der Waals surface area contributed by atoms with E-state index in [-0.39, 0.29) is 17.9 Å². The molecule has 2 atom stereocenters. The van der Waals surface area contributed by atoms with Gasteiger partial charge in [0.15, 0.2) is 0 Å². The molecule has 35 heavy (non-hydrogen) atoms. The third-order valence-corrected chi connectivity index (χ3v) is 6.44. The number of ether oxygens (including phenoxy) is 1. The van der Waals surface area contributed by atoms with E-state index in [1.54, 1.807) is 7.11 Å². The number of hydrazone groups is 1. The average molecular weight is 471 g/mol. The maximum atomic E-state index is 11.8. The van der Waals surface area contributed by atoms with Gasteiger partial charge in [0, 0.05) is 38.4 Å². The molecule has 0 bridgehead atoms. The second-order valence-electron chi connectivity index (χ2n) is 8.82. The van der Waals surface area contributed by atoms with Crippen LogP contribution in [0, 0.1) is 0 Å². The number of amides is 1. The minimum Gasteiger partial charge on any atom is -0.383 e. The van der Waals surface area contributed by atoms with Crippen molar-refractivity contribution in [1.29, 1.82) is 0 Å². The Morgan fingerprint density at radius 3 is 2.40 bits per heavy atom. The smallest absolute Gasteiger partial charge is 0.236 e. The van der Waals surface area contributed by atoms with Gasteiger partial charge < -0.3 is 10.1 Å². The van der Waals surface area contributed by atoms with Crippen LogP contribution in [-0.4, -0.2) is 43.3 Å². The molecule has 0 aliphatic carbocycles. The number of rotatable bonds is 9. The number of fused-ring (bicyclic) bond motifs is 1. The molecule has 0 radical (unpaired) electrons. The average Bonchev–Trinajstić information content (AvgIpc) is 2.90. The van der Waals surface area contributed by atoms with Crippen LogP contribution < -0.4 is 10.7 Å². The third-order valence-electron chi connectivity index (χ3n) is 6.44. The summed E-state index contributed by atoms with van der Waals surface area (Å²) in [5.41, 5.74) is 9.14. The van der Waals surface area contributed by atoms with Gasteiger partial charge in [0.05, 0.1) is 24.3 Å². The van der Waals surface area contributed by atoms with Gasteiger partial charge in [-0.05, 0) is 29.3 Å². The number of para-hydroxylation sites is 1. The van der Waals surface area contributed by atoms with Crippen molar-refractivity contribution in [2.24, 2.45) is 5.10 Å². The van der Waals surface area contributed by atoms with Crippen molar-refractivity contribution in [3.05, 3.63) is 101 Å². The highest BCUT2D eigenvalue weighted by Gasteiger charge is 2.36. The summed E-state index contributed by atoms with van der Waals surface area (Å²) in [4.78, 5) is 14.1. The van der Waals surface area contributed by atoms with Gasteiger partial charge in [-0.3, -0.25) is 9.69 Å². The SMILES string of the molecule is CCN(CCOC)Cc1ccc(C2Nc3ccccc3/C(=N\NC(C)=O)C2c2ccccc2)cc1. The highest BCUT2D eigenvalue weighted by atomic mass is 16.5. The summed E-state index contributed by atoms with van der Waals surface area (Å²) >= 11 is 0. The molecule has 182 valence electrons. The minimum absolute atomic E-state index is 0.0374. The van der Waals surface area contributed by atoms with Crippen molar-refractivity contribution < 1.29 is 9.53 Å². The largest absolute Gasteiger partial charge is 0.383 e. The fourth-order valence-corrected chi connectivity index (χ4v) is 4.62. The Hall–Kier alpha value is -3.48. The lowest BCUT2D eigenvalue weighted by Gasteiger charge is -2.36. The molecule has 6 nitrogen and oxygen atoms in total. The first-order valence-corrected chi connectivity index (χ1v) is 12.2. The molecule has 1 amide bonds. The Labute approximate surface area is 208 Å². The molecular weight excluding hydrogens is 436 g/mol. The van der Waals surface area contributed by atoms with Crippen LogP contribution in [0.2, 0.25) is 0 Å². The predicted molar refractivity (Wildman–Crippen MR) is 142 cm³/mol. The van der Waals surface area contributed by atoms with Crippen LogP contribution in [0.5, 0.6) is 0 Å². The van der Waals surface area contributed by atoms with Gasteiger partial charge in [-0.15, -0.1) is 0 Å². The number of likely N-dealkylation sites (N-methyl/N-ethyl adjacent to an activating group) is 1. The summed E-state index contributed by atoms with van der Waals surface area (Å²) in [6.45, 7) is 7.16. The Balaban J connectivity index is 1.71. The fourth-order valence-electron chi connectivity index (χ4n) is 4.62. The maximum Gasteiger partial charge on any atom is 0.236 e. The molecule has 3 aromatic carbocycles. The van der Waals surface area contributed by atoms with Crippen molar-refractivity contribution in [1.82, 2.24) is 10.3 Å². The molecule has 0 fully saturated rings. The van der Waals surface area contributed by atoms with Gasteiger partial charge in [0.25, 0.3) is 0 Å². The standard InChI is InChI=1S/C29H34N4O2/c1-4-33(18-19-35-3)20-22-14-16-24(17-15-22)28-27(23-10-6-5-7-11-23)29(32-31-21(2)34)25-12-8-9-13-26(25)30-28/h5-17,27-28,30H,4,18-20H2,1-3H3,(H,31,34)/b32-29+. The molecule has 0 spiro atoms. The summed E-state index contributed by atoms with van der Waals surface area (Å²) in [6, 6.07) is 27.3. The maximum absolute atomic E-state index is 11.8. The van der Waals surface area contributed by atoms with E-state index in [9.17, 15) is 4.79 Å². The van der Waals surface area contributed by atoms with E-state index in [2.05, 4.69) is 76.2 Å².